The summed E-state index contributed by atoms with van der Waals surface area (Å²) in [5, 5.41) is 2.96. The third-order valence-corrected chi connectivity index (χ3v) is 3.50. The number of ether oxygens (including phenoxy) is 2. The highest BCUT2D eigenvalue weighted by Gasteiger charge is 2.25. The van der Waals surface area contributed by atoms with Gasteiger partial charge in [-0.1, -0.05) is 18.2 Å². The summed E-state index contributed by atoms with van der Waals surface area (Å²) in [6.07, 6.45) is 0. The number of para-hydroxylation sites is 1. The molecule has 1 atom stereocenters. The molecular formula is C16H16N2O3. The molecule has 2 aromatic carbocycles. The number of amides is 1. The van der Waals surface area contributed by atoms with Crippen LogP contribution >= 0.6 is 0 Å². The minimum Gasteiger partial charge on any atom is -0.495 e. The van der Waals surface area contributed by atoms with Crippen LogP contribution in [-0.2, 0) is 0 Å². The molecule has 21 heavy (non-hydrogen) atoms. The number of carbonyl (C=O) groups excluding carboxylic acids is 1. The van der Waals surface area contributed by atoms with Gasteiger partial charge in [0.15, 0.2) is 0 Å². The fourth-order valence-electron chi connectivity index (χ4n) is 2.40. The normalized spacial score (nSPS) is 16.0. The molecule has 0 fully saturated rings. The van der Waals surface area contributed by atoms with Gasteiger partial charge in [0.1, 0.15) is 18.1 Å². The first-order chi connectivity index (χ1) is 10.2. The Morgan fingerprint density at radius 3 is 2.90 bits per heavy atom. The van der Waals surface area contributed by atoms with Gasteiger partial charge in [-0.05, 0) is 24.3 Å². The molecule has 3 rings (SSSR count). The van der Waals surface area contributed by atoms with Gasteiger partial charge >= 0.3 is 0 Å². The lowest BCUT2D eigenvalue weighted by Crippen LogP contribution is -2.29. The quantitative estimate of drug-likeness (QED) is 0.847. The standard InChI is InChI=1S/C16H16N2O3/c1-20-15-7-6-10(8-12(15)17)16(19)18-13-9-21-14-5-3-2-4-11(13)14/h2-8,13H,9,17H2,1H3,(H,18,19). The van der Waals surface area contributed by atoms with Gasteiger partial charge in [-0.2, -0.15) is 0 Å². The maximum absolute atomic E-state index is 12.3. The van der Waals surface area contributed by atoms with E-state index in [0.717, 1.165) is 11.3 Å². The van der Waals surface area contributed by atoms with E-state index in [-0.39, 0.29) is 11.9 Å². The van der Waals surface area contributed by atoms with E-state index in [1.807, 2.05) is 24.3 Å². The minimum absolute atomic E-state index is 0.142. The molecule has 0 saturated carbocycles. The van der Waals surface area contributed by atoms with E-state index in [9.17, 15) is 4.79 Å². The van der Waals surface area contributed by atoms with Crippen molar-refractivity contribution in [3.8, 4) is 11.5 Å². The number of nitrogens with two attached hydrogens (primary N) is 1. The molecule has 1 aliphatic rings. The van der Waals surface area contributed by atoms with Crippen molar-refractivity contribution in [2.75, 3.05) is 19.5 Å². The second-order valence-corrected chi connectivity index (χ2v) is 4.83. The Bertz CT molecular complexity index is 685. The van der Waals surface area contributed by atoms with E-state index in [4.69, 9.17) is 15.2 Å². The van der Waals surface area contributed by atoms with Crippen molar-refractivity contribution < 1.29 is 14.3 Å². The lowest BCUT2D eigenvalue weighted by Gasteiger charge is -2.12. The van der Waals surface area contributed by atoms with Crippen LogP contribution in [0.2, 0.25) is 0 Å². The average Bonchev–Trinajstić information content (AvgIpc) is 2.90. The van der Waals surface area contributed by atoms with Crippen molar-refractivity contribution in [3.63, 3.8) is 0 Å². The number of hydrogen-bond acceptors (Lipinski definition) is 4. The fourth-order valence-corrected chi connectivity index (χ4v) is 2.40. The monoisotopic (exact) mass is 284 g/mol. The van der Waals surface area contributed by atoms with Gasteiger partial charge in [0.05, 0.1) is 18.8 Å². The Labute approximate surface area is 122 Å². The van der Waals surface area contributed by atoms with Gasteiger partial charge in [-0.15, -0.1) is 0 Å². The molecule has 0 bridgehead atoms. The van der Waals surface area contributed by atoms with Crippen molar-refractivity contribution in [2.45, 2.75) is 6.04 Å². The highest BCUT2D eigenvalue weighted by Crippen LogP contribution is 2.32. The molecule has 1 heterocycles. The van der Waals surface area contributed by atoms with Crippen LogP contribution in [0.1, 0.15) is 22.0 Å². The molecular weight excluding hydrogens is 268 g/mol. The van der Waals surface area contributed by atoms with Gasteiger partial charge in [0.25, 0.3) is 5.91 Å². The molecule has 2 aromatic rings. The smallest absolute Gasteiger partial charge is 0.251 e. The summed E-state index contributed by atoms with van der Waals surface area (Å²) in [6, 6.07) is 12.5. The Balaban J connectivity index is 1.77. The van der Waals surface area contributed by atoms with Crippen LogP contribution in [0.4, 0.5) is 5.69 Å². The zero-order valence-electron chi connectivity index (χ0n) is 11.6. The number of benzene rings is 2. The van der Waals surface area contributed by atoms with Crippen LogP contribution in [0.5, 0.6) is 11.5 Å². The topological polar surface area (TPSA) is 73.6 Å². The number of hydrogen-bond donors (Lipinski definition) is 2. The highest BCUT2D eigenvalue weighted by molar-refractivity contribution is 5.95. The number of fused-ring (bicyclic) bond motifs is 1. The van der Waals surface area contributed by atoms with Gasteiger partial charge in [0, 0.05) is 11.1 Å². The first kappa shape index (κ1) is 13.3. The summed E-state index contributed by atoms with van der Waals surface area (Å²) < 4.78 is 10.6. The van der Waals surface area contributed by atoms with Crippen molar-refractivity contribution in [2.24, 2.45) is 0 Å². The molecule has 5 heteroatoms. The van der Waals surface area contributed by atoms with Crippen LogP contribution in [0.25, 0.3) is 0 Å². The Morgan fingerprint density at radius 1 is 1.33 bits per heavy atom. The molecule has 0 aromatic heterocycles. The number of carbonyl (C=O) groups is 1. The number of rotatable bonds is 3. The van der Waals surface area contributed by atoms with Crippen molar-refractivity contribution in [3.05, 3.63) is 53.6 Å². The van der Waals surface area contributed by atoms with Crippen LogP contribution < -0.4 is 20.5 Å². The molecule has 108 valence electrons. The summed E-state index contributed by atoms with van der Waals surface area (Å²) in [4.78, 5) is 12.3. The van der Waals surface area contributed by atoms with Crippen LogP contribution in [-0.4, -0.2) is 19.6 Å². The third kappa shape index (κ3) is 2.50. The highest BCUT2D eigenvalue weighted by atomic mass is 16.5. The SMILES string of the molecule is COc1ccc(C(=O)NC2COc3ccccc32)cc1N. The largest absolute Gasteiger partial charge is 0.495 e. The van der Waals surface area contributed by atoms with E-state index in [0.29, 0.717) is 23.6 Å². The second-order valence-electron chi connectivity index (χ2n) is 4.83. The molecule has 3 N–H and O–H groups in total. The van der Waals surface area contributed by atoms with Gasteiger partial charge < -0.3 is 20.5 Å². The van der Waals surface area contributed by atoms with E-state index in [2.05, 4.69) is 5.32 Å². The fraction of sp³-hybridized carbons (Fsp3) is 0.188. The number of methoxy groups -OCH3 is 1. The molecule has 1 amide bonds. The Hall–Kier alpha value is -2.69. The van der Waals surface area contributed by atoms with Crippen LogP contribution in [0.15, 0.2) is 42.5 Å². The molecule has 0 spiro atoms. The Kier molecular flexibility index (Phi) is 3.39. The Morgan fingerprint density at radius 2 is 2.14 bits per heavy atom. The third-order valence-electron chi connectivity index (χ3n) is 3.50. The van der Waals surface area contributed by atoms with Gasteiger partial charge in [0.2, 0.25) is 0 Å². The average molecular weight is 284 g/mol. The van der Waals surface area contributed by atoms with E-state index in [1.165, 1.54) is 7.11 Å². The molecule has 1 unspecified atom stereocenters. The predicted octanol–water partition coefficient (Wildman–Crippen LogP) is 2.14. The summed E-state index contributed by atoms with van der Waals surface area (Å²) in [5.41, 5.74) is 7.75. The van der Waals surface area contributed by atoms with Crippen molar-refractivity contribution in [1.29, 1.82) is 0 Å². The molecule has 1 aliphatic heterocycles. The minimum atomic E-state index is -0.186. The van der Waals surface area contributed by atoms with E-state index >= 15 is 0 Å². The number of anilines is 1. The van der Waals surface area contributed by atoms with Crippen LogP contribution in [0.3, 0.4) is 0 Å². The lowest BCUT2D eigenvalue weighted by molar-refractivity contribution is 0.0930. The zero-order chi connectivity index (χ0) is 14.8. The van der Waals surface area contributed by atoms with Crippen molar-refractivity contribution >= 4 is 11.6 Å². The second kappa shape index (κ2) is 5.36. The molecule has 0 aliphatic carbocycles. The van der Waals surface area contributed by atoms with Gasteiger partial charge in [-0.25, -0.2) is 0 Å². The van der Waals surface area contributed by atoms with E-state index in [1.54, 1.807) is 18.2 Å². The first-order valence-corrected chi connectivity index (χ1v) is 6.65. The maximum Gasteiger partial charge on any atom is 0.251 e. The molecule has 5 nitrogen and oxygen atoms in total. The lowest BCUT2D eigenvalue weighted by atomic mass is 10.1. The maximum atomic E-state index is 12.3. The van der Waals surface area contributed by atoms with Crippen LogP contribution in [0, 0.1) is 0 Å². The first-order valence-electron chi connectivity index (χ1n) is 6.65. The molecule has 0 radical (unpaired) electrons. The number of nitrogens with one attached hydrogen (secondary N) is 1. The van der Waals surface area contributed by atoms with E-state index < -0.39 is 0 Å². The summed E-state index contributed by atoms with van der Waals surface area (Å²) in [6.45, 7) is 0.441. The predicted molar refractivity (Wildman–Crippen MR) is 79.6 cm³/mol. The summed E-state index contributed by atoms with van der Waals surface area (Å²) in [5.74, 6) is 1.19. The zero-order valence-corrected chi connectivity index (χ0v) is 11.6. The van der Waals surface area contributed by atoms with Gasteiger partial charge in [-0.3, -0.25) is 4.79 Å². The summed E-state index contributed by atoms with van der Waals surface area (Å²) in [7, 11) is 1.54. The molecule has 0 saturated heterocycles. The van der Waals surface area contributed by atoms with Crippen molar-refractivity contribution in [1.82, 2.24) is 5.32 Å². The number of nitrogen functional groups attached to an aromatic ring is 1. The summed E-state index contributed by atoms with van der Waals surface area (Å²) >= 11 is 0.